The molecule has 1 aliphatic carbocycles. The number of hydrogen-bond donors (Lipinski definition) is 1. The minimum atomic E-state index is -0.393. The van der Waals surface area contributed by atoms with Crippen LogP contribution in [-0.2, 0) is 0 Å². The highest BCUT2D eigenvalue weighted by atomic mass is 32.1. The van der Waals surface area contributed by atoms with Gasteiger partial charge in [0.1, 0.15) is 5.82 Å². The molecule has 1 aromatic carbocycles. The molecule has 0 atom stereocenters. The molecule has 0 aliphatic heterocycles. The summed E-state index contributed by atoms with van der Waals surface area (Å²) >= 11 is 1.49. The molecule has 3 aromatic rings. The summed E-state index contributed by atoms with van der Waals surface area (Å²) < 4.78 is 19.0. The highest BCUT2D eigenvalue weighted by Gasteiger charge is 2.26. The van der Waals surface area contributed by atoms with Crippen LogP contribution in [0, 0.1) is 19.7 Å². The smallest absolute Gasteiger partial charge is 0.255 e. The monoisotopic (exact) mass is 371 g/mol. The number of rotatable bonds is 4. The number of hydrogen-bond acceptors (Lipinski definition) is 5. The first-order chi connectivity index (χ1) is 12.5. The molecule has 4 rings (SSSR count). The molecule has 0 spiro atoms. The Bertz CT molecular complexity index is 975. The minimum absolute atomic E-state index is 0.284. The van der Waals surface area contributed by atoms with Gasteiger partial charge in [0, 0.05) is 16.4 Å². The summed E-state index contributed by atoms with van der Waals surface area (Å²) in [5.74, 6) is 0.878. The Morgan fingerprint density at radius 3 is 2.81 bits per heavy atom. The van der Waals surface area contributed by atoms with E-state index in [1.54, 1.807) is 19.1 Å². The zero-order valence-electron chi connectivity index (χ0n) is 14.5. The van der Waals surface area contributed by atoms with Gasteiger partial charge in [-0.15, -0.1) is 11.3 Å². The molecule has 2 heterocycles. The third-order valence-corrected chi connectivity index (χ3v) is 5.76. The van der Waals surface area contributed by atoms with Crippen LogP contribution in [0.5, 0.6) is 0 Å². The van der Waals surface area contributed by atoms with Crippen LogP contribution in [0.15, 0.2) is 28.8 Å². The Morgan fingerprint density at radius 1 is 1.31 bits per heavy atom. The molecule has 0 saturated heterocycles. The third kappa shape index (κ3) is 3.14. The van der Waals surface area contributed by atoms with E-state index in [1.165, 1.54) is 23.8 Å². The average molecular weight is 371 g/mol. The first kappa shape index (κ1) is 16.9. The molecular weight excluding hydrogens is 353 g/mol. The maximum Gasteiger partial charge on any atom is 0.255 e. The second-order valence-electron chi connectivity index (χ2n) is 6.58. The average Bonchev–Trinajstić information content (AvgIpc) is 3.16. The van der Waals surface area contributed by atoms with E-state index in [2.05, 4.69) is 15.5 Å². The lowest BCUT2D eigenvalue weighted by Crippen LogP contribution is -2.12. The molecule has 134 valence electrons. The number of halogens is 1. The van der Waals surface area contributed by atoms with Crippen LogP contribution < -0.4 is 5.32 Å². The molecule has 7 heteroatoms. The maximum absolute atomic E-state index is 13.7. The Hall–Kier alpha value is -2.54. The van der Waals surface area contributed by atoms with Crippen molar-refractivity contribution in [1.29, 1.82) is 0 Å². The Morgan fingerprint density at radius 2 is 2.12 bits per heavy atom. The number of amides is 1. The van der Waals surface area contributed by atoms with Crippen LogP contribution in [0.3, 0.4) is 0 Å². The lowest BCUT2D eigenvalue weighted by atomic mass is 9.85. The summed E-state index contributed by atoms with van der Waals surface area (Å²) in [6.07, 6.45) is 3.40. The van der Waals surface area contributed by atoms with E-state index in [1.807, 2.05) is 13.0 Å². The van der Waals surface area contributed by atoms with E-state index in [4.69, 9.17) is 4.52 Å². The number of carbonyl (C=O) groups excluding carboxylic acids is 1. The van der Waals surface area contributed by atoms with Gasteiger partial charge in [0.05, 0.1) is 10.6 Å². The van der Waals surface area contributed by atoms with Crippen molar-refractivity contribution < 1.29 is 13.7 Å². The fraction of sp³-hybridized carbons (Fsp3) is 0.316. The Kier molecular flexibility index (Phi) is 4.32. The van der Waals surface area contributed by atoms with Crippen molar-refractivity contribution in [3.05, 3.63) is 52.0 Å². The molecule has 0 unspecified atom stereocenters. The van der Waals surface area contributed by atoms with Gasteiger partial charge in [0.15, 0.2) is 0 Å². The molecule has 1 N–H and O–H groups in total. The number of nitrogens with zero attached hydrogens (tertiary/aromatic N) is 2. The van der Waals surface area contributed by atoms with Gasteiger partial charge in [-0.05, 0) is 50.5 Å². The molecule has 1 aliphatic rings. The lowest BCUT2D eigenvalue weighted by Gasteiger charge is -2.20. The molecule has 1 fully saturated rings. The predicted octanol–water partition coefficient (Wildman–Crippen LogP) is 5.07. The number of benzene rings is 1. The SMILES string of the molecule is Cc1ccc(C(=O)Nc2cc(-c3noc(C4CCC4)n3)sc2C)cc1F. The van der Waals surface area contributed by atoms with Crippen LogP contribution in [0.25, 0.3) is 10.7 Å². The lowest BCUT2D eigenvalue weighted by molar-refractivity contribution is 0.102. The van der Waals surface area contributed by atoms with E-state index >= 15 is 0 Å². The molecule has 0 bridgehead atoms. The van der Waals surface area contributed by atoms with Gasteiger partial charge < -0.3 is 9.84 Å². The third-order valence-electron chi connectivity index (χ3n) is 4.72. The first-order valence-electron chi connectivity index (χ1n) is 8.53. The van der Waals surface area contributed by atoms with Crippen molar-refractivity contribution in [2.75, 3.05) is 5.32 Å². The molecule has 2 aromatic heterocycles. The van der Waals surface area contributed by atoms with Crippen LogP contribution in [0.4, 0.5) is 10.1 Å². The normalized spacial score (nSPS) is 14.3. The number of anilines is 1. The van der Waals surface area contributed by atoms with Gasteiger partial charge in [0.2, 0.25) is 11.7 Å². The molecule has 26 heavy (non-hydrogen) atoms. The number of nitrogens with one attached hydrogen (secondary N) is 1. The van der Waals surface area contributed by atoms with Crippen molar-refractivity contribution >= 4 is 22.9 Å². The van der Waals surface area contributed by atoms with Crippen molar-refractivity contribution in [1.82, 2.24) is 10.1 Å². The molecule has 1 amide bonds. The highest BCUT2D eigenvalue weighted by Crippen LogP contribution is 2.38. The van der Waals surface area contributed by atoms with E-state index in [0.29, 0.717) is 28.9 Å². The Labute approximate surface area is 154 Å². The standard InChI is InChI=1S/C19H18FN3O2S/c1-10-6-7-13(8-14(10)20)18(24)21-15-9-16(26-11(15)2)17-22-19(25-23-17)12-4-3-5-12/h6-9,12H,3-5H2,1-2H3,(H,21,24). The second-order valence-corrected chi connectivity index (χ2v) is 7.84. The van der Waals surface area contributed by atoms with Crippen molar-refractivity contribution in [2.24, 2.45) is 0 Å². The molecular formula is C19H18FN3O2S. The quantitative estimate of drug-likeness (QED) is 0.695. The van der Waals surface area contributed by atoms with Gasteiger partial charge in [-0.25, -0.2) is 4.39 Å². The van der Waals surface area contributed by atoms with Gasteiger partial charge in [-0.3, -0.25) is 4.79 Å². The topological polar surface area (TPSA) is 68.0 Å². The number of thiophene rings is 1. The van der Waals surface area contributed by atoms with Crippen LogP contribution >= 0.6 is 11.3 Å². The predicted molar refractivity (Wildman–Crippen MR) is 98.0 cm³/mol. The number of aryl methyl sites for hydroxylation is 2. The van der Waals surface area contributed by atoms with Crippen molar-refractivity contribution in [3.8, 4) is 10.7 Å². The summed E-state index contributed by atoms with van der Waals surface area (Å²) in [6.45, 7) is 3.57. The zero-order chi connectivity index (χ0) is 18.3. The van der Waals surface area contributed by atoms with Gasteiger partial charge in [0.25, 0.3) is 5.91 Å². The molecule has 1 saturated carbocycles. The largest absolute Gasteiger partial charge is 0.339 e. The zero-order valence-corrected chi connectivity index (χ0v) is 15.3. The minimum Gasteiger partial charge on any atom is -0.339 e. The fourth-order valence-electron chi connectivity index (χ4n) is 2.80. The van der Waals surface area contributed by atoms with Crippen LogP contribution in [0.1, 0.15) is 51.9 Å². The Balaban J connectivity index is 1.53. The maximum atomic E-state index is 13.7. The van der Waals surface area contributed by atoms with Crippen molar-refractivity contribution in [2.45, 2.75) is 39.0 Å². The van der Waals surface area contributed by atoms with Gasteiger partial charge in [-0.2, -0.15) is 4.98 Å². The summed E-state index contributed by atoms with van der Waals surface area (Å²) in [7, 11) is 0. The first-order valence-corrected chi connectivity index (χ1v) is 9.35. The van der Waals surface area contributed by atoms with E-state index in [-0.39, 0.29) is 11.5 Å². The van der Waals surface area contributed by atoms with Gasteiger partial charge in [-0.1, -0.05) is 17.6 Å². The van der Waals surface area contributed by atoms with Crippen molar-refractivity contribution in [3.63, 3.8) is 0 Å². The summed E-state index contributed by atoms with van der Waals surface area (Å²) in [6, 6.07) is 6.28. The summed E-state index contributed by atoms with van der Waals surface area (Å²) in [5.41, 5.74) is 1.47. The van der Waals surface area contributed by atoms with Crippen LogP contribution in [-0.4, -0.2) is 16.0 Å². The molecule has 0 radical (unpaired) electrons. The second kappa shape index (κ2) is 6.64. The van der Waals surface area contributed by atoms with Gasteiger partial charge >= 0.3 is 0 Å². The number of aromatic nitrogens is 2. The van der Waals surface area contributed by atoms with E-state index in [9.17, 15) is 9.18 Å². The summed E-state index contributed by atoms with van der Waals surface area (Å²) in [5, 5.41) is 6.90. The van der Waals surface area contributed by atoms with E-state index < -0.39 is 5.82 Å². The van der Waals surface area contributed by atoms with Crippen LogP contribution in [0.2, 0.25) is 0 Å². The summed E-state index contributed by atoms with van der Waals surface area (Å²) in [4.78, 5) is 18.6. The number of carbonyl (C=O) groups is 1. The highest BCUT2D eigenvalue weighted by molar-refractivity contribution is 7.16. The van der Waals surface area contributed by atoms with E-state index in [0.717, 1.165) is 22.6 Å². The fourth-order valence-corrected chi connectivity index (χ4v) is 3.70. The molecule has 5 nitrogen and oxygen atoms in total.